The lowest BCUT2D eigenvalue weighted by atomic mass is 10.2. The van der Waals surface area contributed by atoms with Crippen molar-refractivity contribution in [2.45, 2.75) is 4.90 Å². The number of rotatable bonds is 4. The number of anilines is 2. The fourth-order valence-electron chi connectivity index (χ4n) is 1.52. The monoisotopic (exact) mass is 354 g/mol. The van der Waals surface area contributed by atoms with Crippen LogP contribution in [0, 0.1) is 5.82 Å². The van der Waals surface area contributed by atoms with E-state index in [0.29, 0.717) is 5.69 Å². The van der Waals surface area contributed by atoms with Gasteiger partial charge in [-0.3, -0.25) is 4.79 Å². The Labute approximate surface area is 128 Å². The third-order valence-corrected chi connectivity index (χ3v) is 4.50. The topological polar surface area (TPSA) is 55.1 Å². The van der Waals surface area contributed by atoms with Crippen LogP contribution in [-0.4, -0.2) is 11.7 Å². The molecule has 2 aromatic carbocycles. The summed E-state index contributed by atoms with van der Waals surface area (Å²) in [6.07, 6.45) is 0. The van der Waals surface area contributed by atoms with E-state index in [1.54, 1.807) is 0 Å². The Balaban J connectivity index is 1.93. The molecule has 0 aliphatic heterocycles. The van der Waals surface area contributed by atoms with E-state index in [0.717, 1.165) is 9.37 Å². The quantitative estimate of drug-likeness (QED) is 0.646. The van der Waals surface area contributed by atoms with E-state index in [1.165, 1.54) is 30.0 Å². The van der Waals surface area contributed by atoms with E-state index < -0.39 is 5.82 Å². The molecule has 0 saturated heterocycles. The second kappa shape index (κ2) is 6.76. The molecule has 0 fully saturated rings. The maximum absolute atomic E-state index is 13.0. The van der Waals surface area contributed by atoms with Crippen LogP contribution in [0.15, 0.2) is 51.8 Å². The maximum Gasteiger partial charge on any atom is 0.234 e. The summed E-state index contributed by atoms with van der Waals surface area (Å²) >= 11 is 4.84. The zero-order chi connectivity index (χ0) is 14.5. The maximum atomic E-state index is 13.0. The van der Waals surface area contributed by atoms with Crippen molar-refractivity contribution < 1.29 is 9.18 Å². The molecule has 0 spiro atoms. The van der Waals surface area contributed by atoms with Crippen LogP contribution in [0.2, 0.25) is 0 Å². The molecule has 0 radical (unpaired) electrons. The highest BCUT2D eigenvalue weighted by atomic mass is 79.9. The molecule has 20 heavy (non-hydrogen) atoms. The molecule has 0 atom stereocenters. The van der Waals surface area contributed by atoms with E-state index in [1.807, 2.05) is 24.3 Å². The second-order valence-electron chi connectivity index (χ2n) is 4.00. The predicted octanol–water partition coefficient (Wildman–Crippen LogP) is 3.90. The number of nitrogens with one attached hydrogen (secondary N) is 1. The van der Waals surface area contributed by atoms with Gasteiger partial charge < -0.3 is 11.1 Å². The molecule has 104 valence electrons. The van der Waals surface area contributed by atoms with Crippen molar-refractivity contribution in [1.82, 2.24) is 0 Å². The van der Waals surface area contributed by atoms with Gasteiger partial charge in [0.2, 0.25) is 5.91 Å². The van der Waals surface area contributed by atoms with E-state index >= 15 is 0 Å². The van der Waals surface area contributed by atoms with Crippen LogP contribution < -0.4 is 11.1 Å². The van der Waals surface area contributed by atoms with Crippen molar-refractivity contribution in [3.05, 3.63) is 52.8 Å². The third-order valence-electron chi connectivity index (χ3n) is 2.48. The summed E-state index contributed by atoms with van der Waals surface area (Å²) in [5.74, 6) is -0.401. The standard InChI is InChI=1S/C14H12BrFN2OS/c15-10-3-1-2-4-13(10)20-8-14(19)18-9-5-6-11(16)12(17)7-9/h1-7H,8,17H2,(H,18,19). The van der Waals surface area contributed by atoms with Gasteiger partial charge in [-0.15, -0.1) is 11.8 Å². The normalized spacial score (nSPS) is 10.3. The smallest absolute Gasteiger partial charge is 0.234 e. The third kappa shape index (κ3) is 3.98. The van der Waals surface area contributed by atoms with E-state index in [9.17, 15) is 9.18 Å². The molecule has 0 aromatic heterocycles. The van der Waals surface area contributed by atoms with Crippen molar-refractivity contribution in [1.29, 1.82) is 0 Å². The van der Waals surface area contributed by atoms with Gasteiger partial charge in [0.15, 0.2) is 0 Å². The molecular weight excluding hydrogens is 343 g/mol. The van der Waals surface area contributed by atoms with Gasteiger partial charge >= 0.3 is 0 Å². The number of halogens is 2. The molecule has 0 saturated carbocycles. The summed E-state index contributed by atoms with van der Waals surface area (Å²) in [5.41, 5.74) is 5.95. The predicted molar refractivity (Wildman–Crippen MR) is 84.3 cm³/mol. The van der Waals surface area contributed by atoms with Crippen molar-refractivity contribution in [2.75, 3.05) is 16.8 Å². The Hall–Kier alpha value is -1.53. The van der Waals surface area contributed by atoms with E-state index in [2.05, 4.69) is 21.2 Å². The highest BCUT2D eigenvalue weighted by Crippen LogP contribution is 2.27. The molecule has 0 aliphatic carbocycles. The lowest BCUT2D eigenvalue weighted by Gasteiger charge is -2.07. The molecule has 1 amide bonds. The molecule has 2 rings (SSSR count). The SMILES string of the molecule is Nc1cc(NC(=O)CSc2ccccc2Br)ccc1F. The summed E-state index contributed by atoms with van der Waals surface area (Å²) in [6.45, 7) is 0. The fraction of sp³-hybridized carbons (Fsp3) is 0.0714. The molecule has 6 heteroatoms. The van der Waals surface area contributed by atoms with E-state index in [4.69, 9.17) is 5.73 Å². The minimum Gasteiger partial charge on any atom is -0.396 e. The van der Waals surface area contributed by atoms with Crippen molar-refractivity contribution >= 4 is 45.0 Å². The van der Waals surface area contributed by atoms with Crippen LogP contribution in [0.25, 0.3) is 0 Å². The summed E-state index contributed by atoms with van der Waals surface area (Å²) in [7, 11) is 0. The van der Waals surface area contributed by atoms with Crippen molar-refractivity contribution in [2.24, 2.45) is 0 Å². The van der Waals surface area contributed by atoms with Crippen LogP contribution in [0.1, 0.15) is 0 Å². The number of benzene rings is 2. The van der Waals surface area contributed by atoms with Crippen LogP contribution in [0.3, 0.4) is 0 Å². The largest absolute Gasteiger partial charge is 0.396 e. The lowest BCUT2D eigenvalue weighted by molar-refractivity contribution is -0.113. The number of amides is 1. The number of thioether (sulfide) groups is 1. The van der Waals surface area contributed by atoms with Crippen LogP contribution in [0.4, 0.5) is 15.8 Å². The average molecular weight is 355 g/mol. The van der Waals surface area contributed by atoms with Crippen molar-refractivity contribution in [3.8, 4) is 0 Å². The number of carbonyl (C=O) groups excluding carboxylic acids is 1. The first-order chi connectivity index (χ1) is 9.56. The Kier molecular flexibility index (Phi) is 5.03. The van der Waals surface area contributed by atoms with Gasteiger partial charge in [0.1, 0.15) is 5.82 Å². The first-order valence-electron chi connectivity index (χ1n) is 5.78. The highest BCUT2D eigenvalue weighted by molar-refractivity contribution is 9.10. The zero-order valence-electron chi connectivity index (χ0n) is 10.4. The van der Waals surface area contributed by atoms with Gasteiger partial charge in [-0.25, -0.2) is 4.39 Å². The number of hydrogen-bond donors (Lipinski definition) is 2. The first kappa shape index (κ1) is 14.9. The summed E-state index contributed by atoms with van der Waals surface area (Å²) < 4.78 is 14.0. The molecule has 0 unspecified atom stereocenters. The van der Waals surface area contributed by atoms with Crippen LogP contribution in [-0.2, 0) is 4.79 Å². The minimum atomic E-state index is -0.495. The van der Waals surface area contributed by atoms with Gasteiger partial charge in [-0.05, 0) is 46.3 Å². The summed E-state index contributed by atoms with van der Waals surface area (Å²) in [6, 6.07) is 11.8. The van der Waals surface area contributed by atoms with Gasteiger partial charge in [0.25, 0.3) is 0 Å². The molecule has 3 N–H and O–H groups in total. The van der Waals surface area contributed by atoms with Gasteiger partial charge in [0, 0.05) is 15.1 Å². The van der Waals surface area contributed by atoms with Crippen LogP contribution >= 0.6 is 27.7 Å². The number of nitrogens with two attached hydrogens (primary N) is 1. The number of carbonyl (C=O) groups is 1. The van der Waals surface area contributed by atoms with Crippen LogP contribution in [0.5, 0.6) is 0 Å². The Morgan fingerprint density at radius 2 is 2.05 bits per heavy atom. The second-order valence-corrected chi connectivity index (χ2v) is 5.88. The molecule has 0 aliphatic rings. The highest BCUT2D eigenvalue weighted by Gasteiger charge is 2.07. The molecule has 3 nitrogen and oxygen atoms in total. The summed E-state index contributed by atoms with van der Waals surface area (Å²) in [5, 5.41) is 2.68. The van der Waals surface area contributed by atoms with Gasteiger partial charge in [0.05, 0.1) is 11.4 Å². The zero-order valence-corrected chi connectivity index (χ0v) is 12.8. The Morgan fingerprint density at radius 3 is 2.75 bits per heavy atom. The number of nitrogen functional groups attached to an aromatic ring is 1. The van der Waals surface area contributed by atoms with Gasteiger partial charge in [-0.1, -0.05) is 12.1 Å². The van der Waals surface area contributed by atoms with Gasteiger partial charge in [-0.2, -0.15) is 0 Å². The van der Waals surface area contributed by atoms with Crippen molar-refractivity contribution in [3.63, 3.8) is 0 Å². The van der Waals surface area contributed by atoms with E-state index in [-0.39, 0.29) is 17.3 Å². The molecule has 2 aromatic rings. The molecule has 0 bridgehead atoms. The average Bonchev–Trinajstić information content (AvgIpc) is 2.42. The lowest BCUT2D eigenvalue weighted by Crippen LogP contribution is -2.14. The molecule has 0 heterocycles. The molecular formula is C14H12BrFN2OS. The minimum absolute atomic E-state index is 0.0151. The Bertz CT molecular complexity index is 636. The first-order valence-corrected chi connectivity index (χ1v) is 7.56. The summed E-state index contributed by atoms with van der Waals surface area (Å²) in [4.78, 5) is 12.8. The Morgan fingerprint density at radius 1 is 1.30 bits per heavy atom. The fourth-order valence-corrected chi connectivity index (χ4v) is 2.89. The number of hydrogen-bond acceptors (Lipinski definition) is 3.